The lowest BCUT2D eigenvalue weighted by Gasteiger charge is -2.31. The first kappa shape index (κ1) is 18.3. The second-order valence-electron chi connectivity index (χ2n) is 6.74. The van der Waals surface area contributed by atoms with Crippen LogP contribution in [-0.4, -0.2) is 46.8 Å². The monoisotopic (exact) mass is 354 g/mol. The maximum atomic E-state index is 12.8. The third kappa shape index (κ3) is 4.58. The molecule has 26 heavy (non-hydrogen) atoms. The van der Waals surface area contributed by atoms with Crippen LogP contribution in [0.5, 0.6) is 0 Å². The summed E-state index contributed by atoms with van der Waals surface area (Å²) in [6, 6.07) is 12.6. The van der Waals surface area contributed by atoms with Gasteiger partial charge in [0.05, 0.1) is 6.54 Å². The predicted octanol–water partition coefficient (Wildman–Crippen LogP) is 1.75. The molecule has 0 unspecified atom stereocenters. The fraction of sp³-hybridized carbons (Fsp3) is 0.450. The van der Waals surface area contributed by atoms with Crippen molar-refractivity contribution < 1.29 is 4.79 Å². The molecule has 0 aliphatic carbocycles. The van der Waals surface area contributed by atoms with Crippen molar-refractivity contribution in [1.29, 1.82) is 0 Å². The van der Waals surface area contributed by atoms with Crippen molar-refractivity contribution in [3.63, 3.8) is 0 Å². The van der Waals surface area contributed by atoms with Crippen LogP contribution in [0.25, 0.3) is 0 Å². The van der Waals surface area contributed by atoms with Crippen LogP contribution in [0.1, 0.15) is 35.8 Å². The Morgan fingerprint density at radius 3 is 2.58 bits per heavy atom. The van der Waals surface area contributed by atoms with Gasteiger partial charge in [0.25, 0.3) is 11.5 Å². The summed E-state index contributed by atoms with van der Waals surface area (Å²) in [5.41, 5.74) is 1.12. The lowest BCUT2D eigenvalue weighted by Crippen LogP contribution is -2.41. The molecule has 138 valence electrons. The van der Waals surface area contributed by atoms with E-state index in [0.717, 1.165) is 44.6 Å². The molecule has 1 saturated heterocycles. The van der Waals surface area contributed by atoms with Crippen molar-refractivity contribution in [2.24, 2.45) is 5.92 Å². The van der Waals surface area contributed by atoms with Crippen molar-refractivity contribution in [3.8, 4) is 0 Å². The van der Waals surface area contributed by atoms with Gasteiger partial charge in [-0.1, -0.05) is 37.3 Å². The minimum atomic E-state index is -0.199. The Balaban J connectivity index is 1.67. The number of hydrogen-bond donors (Lipinski definition) is 1. The molecule has 0 bridgehead atoms. The molecule has 1 fully saturated rings. The van der Waals surface area contributed by atoms with Gasteiger partial charge in [-0.2, -0.15) is 5.10 Å². The number of aromatic nitrogens is 2. The fourth-order valence-corrected chi connectivity index (χ4v) is 3.28. The number of amides is 1. The molecule has 1 N–H and O–H groups in total. The molecule has 1 aliphatic heterocycles. The van der Waals surface area contributed by atoms with E-state index < -0.39 is 0 Å². The summed E-state index contributed by atoms with van der Waals surface area (Å²) in [5, 5.41) is 7.69. The Bertz CT molecular complexity index is 780. The standard InChI is InChI=1S/C20H26N4O2/c1-2-21-14-16-10-12-23(13-11-16)20(26)18-8-9-19(25)24(22-18)15-17-6-4-3-5-7-17/h3-9,16,21H,2,10-15H2,1H3. The van der Waals surface area contributed by atoms with Crippen LogP contribution in [0.3, 0.4) is 0 Å². The second kappa shape index (κ2) is 8.76. The quantitative estimate of drug-likeness (QED) is 0.858. The molecule has 1 aliphatic rings. The topological polar surface area (TPSA) is 67.2 Å². The summed E-state index contributed by atoms with van der Waals surface area (Å²) in [6.45, 7) is 5.95. The smallest absolute Gasteiger partial charge is 0.274 e. The minimum Gasteiger partial charge on any atom is -0.337 e. The second-order valence-corrected chi connectivity index (χ2v) is 6.74. The van der Waals surface area contributed by atoms with Gasteiger partial charge in [0, 0.05) is 19.2 Å². The van der Waals surface area contributed by atoms with E-state index in [4.69, 9.17) is 0 Å². The zero-order chi connectivity index (χ0) is 18.4. The number of nitrogens with zero attached hydrogens (tertiary/aromatic N) is 3. The van der Waals surface area contributed by atoms with E-state index in [1.54, 1.807) is 0 Å². The first-order valence-corrected chi connectivity index (χ1v) is 9.29. The van der Waals surface area contributed by atoms with E-state index in [1.165, 1.54) is 16.8 Å². The van der Waals surface area contributed by atoms with E-state index in [0.29, 0.717) is 18.2 Å². The van der Waals surface area contributed by atoms with Gasteiger partial charge in [0.15, 0.2) is 0 Å². The van der Waals surface area contributed by atoms with Crippen LogP contribution >= 0.6 is 0 Å². The predicted molar refractivity (Wildman–Crippen MR) is 101 cm³/mol. The highest BCUT2D eigenvalue weighted by atomic mass is 16.2. The Labute approximate surface area is 153 Å². The molecule has 2 heterocycles. The number of piperidine rings is 1. The normalized spacial score (nSPS) is 15.2. The maximum absolute atomic E-state index is 12.8. The Morgan fingerprint density at radius 1 is 1.15 bits per heavy atom. The van der Waals surface area contributed by atoms with Crippen molar-refractivity contribution >= 4 is 5.91 Å². The van der Waals surface area contributed by atoms with Crippen molar-refractivity contribution in [2.45, 2.75) is 26.3 Å². The largest absolute Gasteiger partial charge is 0.337 e. The van der Waals surface area contributed by atoms with Crippen LogP contribution in [-0.2, 0) is 6.54 Å². The number of benzene rings is 1. The molecule has 0 atom stereocenters. The number of carbonyl (C=O) groups excluding carboxylic acids is 1. The molecular weight excluding hydrogens is 328 g/mol. The fourth-order valence-electron chi connectivity index (χ4n) is 3.28. The van der Waals surface area contributed by atoms with E-state index in [1.807, 2.05) is 35.2 Å². The lowest BCUT2D eigenvalue weighted by molar-refractivity contribution is 0.0681. The molecule has 1 aromatic heterocycles. The average molecular weight is 354 g/mol. The van der Waals surface area contributed by atoms with Gasteiger partial charge in [0.2, 0.25) is 0 Å². The van der Waals surface area contributed by atoms with Crippen molar-refractivity contribution in [3.05, 3.63) is 64.1 Å². The zero-order valence-corrected chi connectivity index (χ0v) is 15.2. The number of rotatable bonds is 6. The maximum Gasteiger partial charge on any atom is 0.274 e. The van der Waals surface area contributed by atoms with Crippen LogP contribution in [0, 0.1) is 5.92 Å². The molecule has 6 heteroatoms. The molecule has 3 rings (SSSR count). The first-order valence-electron chi connectivity index (χ1n) is 9.29. The molecule has 2 aromatic rings. The Morgan fingerprint density at radius 2 is 1.88 bits per heavy atom. The lowest BCUT2D eigenvalue weighted by atomic mass is 9.96. The van der Waals surface area contributed by atoms with E-state index in [-0.39, 0.29) is 11.5 Å². The van der Waals surface area contributed by atoms with Crippen LogP contribution in [0.15, 0.2) is 47.3 Å². The zero-order valence-electron chi connectivity index (χ0n) is 15.2. The van der Waals surface area contributed by atoms with Gasteiger partial charge in [0.1, 0.15) is 5.69 Å². The van der Waals surface area contributed by atoms with Crippen LogP contribution in [0.4, 0.5) is 0 Å². The summed E-state index contributed by atoms with van der Waals surface area (Å²) in [6.07, 6.45) is 2.00. The van der Waals surface area contributed by atoms with E-state index in [2.05, 4.69) is 17.3 Å². The summed E-state index contributed by atoms with van der Waals surface area (Å²) in [5.74, 6) is 0.535. The van der Waals surface area contributed by atoms with E-state index in [9.17, 15) is 9.59 Å². The molecule has 1 amide bonds. The van der Waals surface area contributed by atoms with Crippen LogP contribution in [0.2, 0.25) is 0 Å². The molecule has 0 saturated carbocycles. The van der Waals surface area contributed by atoms with Crippen LogP contribution < -0.4 is 10.9 Å². The highest BCUT2D eigenvalue weighted by Crippen LogP contribution is 2.17. The van der Waals surface area contributed by atoms with E-state index >= 15 is 0 Å². The molecule has 0 radical (unpaired) electrons. The minimum absolute atomic E-state index is 0.0892. The Kier molecular flexibility index (Phi) is 6.17. The SMILES string of the molecule is CCNCC1CCN(C(=O)c2ccc(=O)n(Cc3ccccc3)n2)CC1. The third-order valence-electron chi connectivity index (χ3n) is 4.85. The number of carbonyl (C=O) groups is 1. The number of hydrogen-bond acceptors (Lipinski definition) is 4. The van der Waals surface area contributed by atoms with Gasteiger partial charge >= 0.3 is 0 Å². The number of likely N-dealkylation sites (tertiary alicyclic amines) is 1. The molecule has 1 aromatic carbocycles. The summed E-state index contributed by atoms with van der Waals surface area (Å²) >= 11 is 0. The highest BCUT2D eigenvalue weighted by molar-refractivity contribution is 5.92. The summed E-state index contributed by atoms with van der Waals surface area (Å²) < 4.78 is 1.36. The third-order valence-corrected chi connectivity index (χ3v) is 4.85. The van der Waals surface area contributed by atoms with Gasteiger partial charge in [-0.25, -0.2) is 4.68 Å². The molecule has 6 nitrogen and oxygen atoms in total. The first-order chi connectivity index (χ1) is 12.7. The average Bonchev–Trinajstić information content (AvgIpc) is 2.69. The van der Waals surface area contributed by atoms with Gasteiger partial charge in [-0.15, -0.1) is 0 Å². The Hall–Kier alpha value is -2.47. The summed E-state index contributed by atoms with van der Waals surface area (Å²) in [7, 11) is 0. The molecule has 0 spiro atoms. The molecular formula is C20H26N4O2. The van der Waals surface area contributed by atoms with Gasteiger partial charge in [-0.05, 0) is 43.5 Å². The van der Waals surface area contributed by atoms with Crippen molar-refractivity contribution in [1.82, 2.24) is 20.0 Å². The number of nitrogens with one attached hydrogen (secondary N) is 1. The summed E-state index contributed by atoms with van der Waals surface area (Å²) in [4.78, 5) is 26.7. The van der Waals surface area contributed by atoms with Gasteiger partial charge < -0.3 is 10.2 Å². The van der Waals surface area contributed by atoms with Gasteiger partial charge in [-0.3, -0.25) is 9.59 Å². The highest BCUT2D eigenvalue weighted by Gasteiger charge is 2.24. The van der Waals surface area contributed by atoms with Crippen molar-refractivity contribution in [2.75, 3.05) is 26.2 Å².